The van der Waals surface area contributed by atoms with Crippen molar-refractivity contribution in [2.24, 2.45) is 0 Å². The van der Waals surface area contributed by atoms with Gasteiger partial charge in [0, 0.05) is 33.3 Å². The average Bonchev–Trinajstić information content (AvgIpc) is 3.49. The van der Waals surface area contributed by atoms with Crippen LogP contribution >= 0.6 is 0 Å². The van der Waals surface area contributed by atoms with Crippen molar-refractivity contribution in [3.8, 4) is 45.3 Å². The van der Waals surface area contributed by atoms with Crippen LogP contribution in [0, 0.1) is 0 Å². The number of hydrogen-bond acceptors (Lipinski definition) is 5. The summed E-state index contributed by atoms with van der Waals surface area (Å²) >= 11 is 0. The fraction of sp³-hybridized carbons (Fsp3) is 0. The summed E-state index contributed by atoms with van der Waals surface area (Å²) < 4.78 is 6.58. The summed E-state index contributed by atoms with van der Waals surface area (Å²) in [6, 6.07) is 51.1. The van der Waals surface area contributed by atoms with E-state index in [0.717, 1.165) is 61.1 Å². The summed E-state index contributed by atoms with van der Waals surface area (Å²) in [5, 5.41) is 5.55. The number of hydrogen-bond donors (Lipinski definition) is 1. The second-order valence-electron chi connectivity index (χ2n) is 10.6. The van der Waals surface area contributed by atoms with E-state index in [2.05, 4.69) is 59.9 Å². The predicted octanol–water partition coefficient (Wildman–Crippen LogP) is 10.2. The van der Waals surface area contributed by atoms with Crippen molar-refractivity contribution in [1.82, 2.24) is 15.0 Å². The maximum atomic E-state index is 6.58. The Labute approximate surface area is 254 Å². The fourth-order valence-corrected chi connectivity index (χ4v) is 5.60. The van der Waals surface area contributed by atoms with Crippen molar-refractivity contribution >= 4 is 33.3 Å². The molecular weight excluding hydrogens is 540 g/mol. The monoisotopic (exact) mass is 566 g/mol. The molecule has 0 fully saturated rings. The Bertz CT molecular complexity index is 2170. The minimum Gasteiger partial charge on any atom is -0.455 e. The van der Waals surface area contributed by atoms with Gasteiger partial charge in [0.1, 0.15) is 11.2 Å². The van der Waals surface area contributed by atoms with E-state index in [1.54, 1.807) is 0 Å². The second kappa shape index (κ2) is 11.0. The van der Waals surface area contributed by atoms with Gasteiger partial charge in [0.25, 0.3) is 0 Å². The molecule has 0 aliphatic carbocycles. The number of benzene rings is 6. The Hall–Kier alpha value is -6.07. The molecule has 2 aromatic heterocycles. The first-order chi connectivity index (χ1) is 21.8. The normalized spacial score (nSPS) is 11.2. The molecule has 0 radical (unpaired) electrons. The molecule has 2 heterocycles. The molecular formula is C39H26N4O. The van der Waals surface area contributed by atoms with E-state index in [-0.39, 0.29) is 0 Å². The van der Waals surface area contributed by atoms with E-state index in [0.29, 0.717) is 17.5 Å². The molecule has 5 nitrogen and oxygen atoms in total. The van der Waals surface area contributed by atoms with Crippen LogP contribution in [-0.2, 0) is 0 Å². The summed E-state index contributed by atoms with van der Waals surface area (Å²) in [5.74, 6) is 1.80. The van der Waals surface area contributed by atoms with E-state index >= 15 is 0 Å². The third-order valence-electron chi connectivity index (χ3n) is 7.72. The van der Waals surface area contributed by atoms with Crippen LogP contribution in [-0.4, -0.2) is 15.0 Å². The summed E-state index contributed by atoms with van der Waals surface area (Å²) in [6.45, 7) is 0. The smallest absolute Gasteiger partial charge is 0.167 e. The molecule has 0 aliphatic rings. The molecule has 0 saturated carbocycles. The van der Waals surface area contributed by atoms with E-state index < -0.39 is 0 Å². The van der Waals surface area contributed by atoms with Gasteiger partial charge >= 0.3 is 0 Å². The summed E-state index contributed by atoms with van der Waals surface area (Å²) in [7, 11) is 0. The topological polar surface area (TPSA) is 63.8 Å². The third kappa shape index (κ3) is 4.76. The molecule has 0 bridgehead atoms. The van der Waals surface area contributed by atoms with E-state index in [4.69, 9.17) is 19.4 Å². The summed E-state index contributed by atoms with van der Waals surface area (Å²) in [6.07, 6.45) is 0. The first kappa shape index (κ1) is 25.6. The molecule has 5 heteroatoms. The van der Waals surface area contributed by atoms with Gasteiger partial charge in [-0.3, -0.25) is 0 Å². The highest BCUT2D eigenvalue weighted by Crippen LogP contribution is 2.41. The van der Waals surface area contributed by atoms with Crippen molar-refractivity contribution in [3.05, 3.63) is 152 Å². The highest BCUT2D eigenvalue weighted by Gasteiger charge is 2.20. The minimum absolute atomic E-state index is 0.565. The lowest BCUT2D eigenvalue weighted by atomic mass is 9.96. The number of nitrogens with zero attached hydrogens (tertiary/aromatic N) is 3. The number of nitrogens with one attached hydrogen (secondary N) is 1. The number of rotatable bonds is 6. The van der Waals surface area contributed by atoms with Crippen molar-refractivity contribution in [1.29, 1.82) is 0 Å². The van der Waals surface area contributed by atoms with Crippen molar-refractivity contribution in [2.45, 2.75) is 0 Å². The standard InChI is InChI=1S/C39H26N4O/c1-4-12-27(13-5-1)37-41-38(28-14-6-2-7-15-28)43-39(42-37)33-25-24-31(35-32-18-10-11-19-34(32)44-36(33)35)26-20-22-30(23-21-26)40-29-16-8-3-9-17-29/h1-25,40H. The molecule has 0 amide bonds. The SMILES string of the molecule is c1ccc(Nc2ccc(-c3ccc(-c4nc(-c5ccccc5)nc(-c5ccccc5)n4)c4oc5ccccc5c34)cc2)cc1. The van der Waals surface area contributed by atoms with Gasteiger partial charge in [-0.1, -0.05) is 115 Å². The number of para-hydroxylation sites is 2. The van der Waals surface area contributed by atoms with Crippen molar-refractivity contribution in [3.63, 3.8) is 0 Å². The van der Waals surface area contributed by atoms with Crippen LogP contribution in [0.2, 0.25) is 0 Å². The zero-order valence-corrected chi connectivity index (χ0v) is 23.7. The molecule has 1 N–H and O–H groups in total. The van der Waals surface area contributed by atoms with Crippen LogP contribution in [0.1, 0.15) is 0 Å². The predicted molar refractivity (Wildman–Crippen MR) is 179 cm³/mol. The van der Waals surface area contributed by atoms with Crippen LogP contribution in [0.3, 0.4) is 0 Å². The largest absolute Gasteiger partial charge is 0.455 e. The maximum absolute atomic E-state index is 6.58. The first-order valence-corrected chi connectivity index (χ1v) is 14.5. The van der Waals surface area contributed by atoms with E-state index in [1.807, 2.05) is 97.1 Å². The minimum atomic E-state index is 0.565. The van der Waals surface area contributed by atoms with Gasteiger partial charge in [-0.05, 0) is 47.5 Å². The lowest BCUT2D eigenvalue weighted by Gasteiger charge is -2.11. The third-order valence-corrected chi connectivity index (χ3v) is 7.72. The van der Waals surface area contributed by atoms with E-state index in [1.165, 1.54) is 0 Å². The van der Waals surface area contributed by atoms with Crippen molar-refractivity contribution in [2.75, 3.05) is 5.32 Å². The highest BCUT2D eigenvalue weighted by atomic mass is 16.3. The van der Waals surface area contributed by atoms with Gasteiger partial charge in [-0.15, -0.1) is 0 Å². The molecule has 0 saturated heterocycles. The summed E-state index contributed by atoms with van der Waals surface area (Å²) in [5.41, 5.74) is 8.49. The van der Waals surface area contributed by atoms with Gasteiger partial charge in [-0.2, -0.15) is 0 Å². The van der Waals surface area contributed by atoms with Crippen LogP contribution < -0.4 is 5.32 Å². The Morgan fingerprint density at radius 2 is 0.932 bits per heavy atom. The van der Waals surface area contributed by atoms with Crippen molar-refractivity contribution < 1.29 is 4.42 Å². The van der Waals surface area contributed by atoms with Gasteiger partial charge < -0.3 is 9.73 Å². The molecule has 8 aromatic rings. The summed E-state index contributed by atoms with van der Waals surface area (Å²) in [4.78, 5) is 14.8. The zero-order valence-electron chi connectivity index (χ0n) is 23.7. The molecule has 44 heavy (non-hydrogen) atoms. The lowest BCUT2D eigenvalue weighted by Crippen LogP contribution is -2.00. The van der Waals surface area contributed by atoms with Gasteiger partial charge in [0.15, 0.2) is 17.5 Å². The van der Waals surface area contributed by atoms with E-state index in [9.17, 15) is 0 Å². The average molecular weight is 567 g/mol. The number of aromatic nitrogens is 3. The number of fused-ring (bicyclic) bond motifs is 3. The quantitative estimate of drug-likeness (QED) is 0.217. The van der Waals surface area contributed by atoms with Gasteiger partial charge in [-0.25, -0.2) is 15.0 Å². The first-order valence-electron chi connectivity index (χ1n) is 14.5. The van der Waals surface area contributed by atoms with Gasteiger partial charge in [0.2, 0.25) is 0 Å². The van der Waals surface area contributed by atoms with Crippen LogP contribution in [0.4, 0.5) is 11.4 Å². The fourth-order valence-electron chi connectivity index (χ4n) is 5.60. The molecule has 0 spiro atoms. The van der Waals surface area contributed by atoms with Crippen LogP contribution in [0.15, 0.2) is 156 Å². The number of anilines is 2. The Morgan fingerprint density at radius 1 is 0.409 bits per heavy atom. The molecule has 0 aliphatic heterocycles. The molecule has 6 aromatic carbocycles. The van der Waals surface area contributed by atoms with Gasteiger partial charge in [0.05, 0.1) is 5.56 Å². The molecule has 208 valence electrons. The number of furan rings is 1. The van der Waals surface area contributed by atoms with Crippen LogP contribution in [0.5, 0.6) is 0 Å². The maximum Gasteiger partial charge on any atom is 0.167 e. The lowest BCUT2D eigenvalue weighted by molar-refractivity contribution is 0.669. The molecule has 0 unspecified atom stereocenters. The molecule has 8 rings (SSSR count). The molecule has 0 atom stereocenters. The Balaban J connectivity index is 1.30. The Morgan fingerprint density at radius 3 is 1.59 bits per heavy atom. The highest BCUT2D eigenvalue weighted by molar-refractivity contribution is 6.16. The zero-order chi connectivity index (χ0) is 29.3. The second-order valence-corrected chi connectivity index (χ2v) is 10.6. The Kier molecular flexibility index (Phi) is 6.39. The van der Waals surface area contributed by atoms with Crippen LogP contribution in [0.25, 0.3) is 67.2 Å².